The minimum absolute atomic E-state index is 0.0848. The Morgan fingerprint density at radius 1 is 1.44 bits per heavy atom. The number of imide groups is 1. The first-order valence-corrected chi connectivity index (χ1v) is 6.71. The quantitative estimate of drug-likeness (QED) is 0.715. The van der Waals surface area contributed by atoms with Crippen molar-refractivity contribution in [2.45, 2.75) is 19.3 Å². The second kappa shape index (κ2) is 6.15. The summed E-state index contributed by atoms with van der Waals surface area (Å²) in [7, 11) is 0. The summed E-state index contributed by atoms with van der Waals surface area (Å²) in [5.74, 6) is 0.516. The summed E-state index contributed by atoms with van der Waals surface area (Å²) in [5, 5.41) is 2.65. The molecule has 2 aliphatic heterocycles. The Morgan fingerprint density at radius 3 is 2.94 bits per heavy atom. The second-order valence-electron chi connectivity index (χ2n) is 5.10. The molecule has 0 aliphatic carbocycles. The van der Waals surface area contributed by atoms with Crippen LogP contribution in [0.3, 0.4) is 0 Å². The monoisotopic (exact) mass is 254 g/mol. The average Bonchev–Trinajstić information content (AvgIpc) is 2.76. The van der Waals surface area contributed by atoms with Gasteiger partial charge in [0.2, 0.25) is 5.91 Å². The van der Waals surface area contributed by atoms with Gasteiger partial charge in [-0.15, -0.1) is 0 Å². The predicted molar refractivity (Wildman–Crippen MR) is 67.9 cm³/mol. The van der Waals surface area contributed by atoms with Crippen LogP contribution in [0.5, 0.6) is 0 Å². The van der Waals surface area contributed by atoms with Crippen LogP contribution >= 0.6 is 0 Å². The molecule has 1 unspecified atom stereocenters. The molecule has 0 aromatic rings. The number of hydrogen-bond acceptors (Lipinski definition) is 4. The second-order valence-corrected chi connectivity index (χ2v) is 5.10. The van der Waals surface area contributed by atoms with E-state index in [1.54, 1.807) is 0 Å². The minimum atomic E-state index is -0.254. The van der Waals surface area contributed by atoms with Crippen LogP contribution in [-0.2, 0) is 4.79 Å². The molecule has 2 heterocycles. The molecule has 2 fully saturated rings. The number of carbonyl (C=O) groups is 2. The van der Waals surface area contributed by atoms with Crippen molar-refractivity contribution in [3.05, 3.63) is 0 Å². The van der Waals surface area contributed by atoms with Gasteiger partial charge in [0.15, 0.2) is 0 Å². The highest BCUT2D eigenvalue weighted by molar-refractivity contribution is 5.96. The molecule has 0 saturated carbocycles. The molecule has 2 saturated heterocycles. The van der Waals surface area contributed by atoms with Gasteiger partial charge in [-0.1, -0.05) is 0 Å². The van der Waals surface area contributed by atoms with Crippen molar-refractivity contribution < 1.29 is 9.59 Å². The maximum atomic E-state index is 12.0. The summed E-state index contributed by atoms with van der Waals surface area (Å²) in [4.78, 5) is 26.8. The zero-order valence-corrected chi connectivity index (χ0v) is 10.7. The molecule has 0 spiro atoms. The van der Waals surface area contributed by atoms with Crippen molar-refractivity contribution in [2.75, 3.05) is 39.3 Å². The van der Waals surface area contributed by atoms with E-state index in [1.807, 2.05) is 0 Å². The van der Waals surface area contributed by atoms with E-state index in [4.69, 9.17) is 5.73 Å². The van der Waals surface area contributed by atoms with Crippen LogP contribution in [0, 0.1) is 5.92 Å². The lowest BCUT2D eigenvalue weighted by Gasteiger charge is -2.32. The number of nitrogens with one attached hydrogen (secondary N) is 1. The number of urea groups is 1. The Hall–Kier alpha value is -1.14. The maximum Gasteiger partial charge on any atom is 0.324 e. The number of nitrogens with zero attached hydrogens (tertiary/aromatic N) is 2. The third-order valence-corrected chi connectivity index (χ3v) is 3.69. The number of rotatable bonds is 4. The molecular formula is C12H22N4O2. The smallest absolute Gasteiger partial charge is 0.324 e. The van der Waals surface area contributed by atoms with Crippen LogP contribution in [0.15, 0.2) is 0 Å². The Morgan fingerprint density at radius 2 is 2.28 bits per heavy atom. The van der Waals surface area contributed by atoms with Gasteiger partial charge in [-0.2, -0.15) is 0 Å². The molecule has 3 amide bonds. The SMILES string of the molecule is NCCC1CCCN(CC(=O)N2CCNC2=O)C1. The predicted octanol–water partition coefficient (Wildman–Crippen LogP) is -0.401. The van der Waals surface area contributed by atoms with E-state index in [0.717, 1.165) is 25.9 Å². The van der Waals surface area contributed by atoms with Gasteiger partial charge >= 0.3 is 6.03 Å². The van der Waals surface area contributed by atoms with Crippen LogP contribution in [0.25, 0.3) is 0 Å². The summed E-state index contributed by atoms with van der Waals surface area (Å²) >= 11 is 0. The van der Waals surface area contributed by atoms with Crippen molar-refractivity contribution in [2.24, 2.45) is 11.7 Å². The lowest BCUT2D eigenvalue weighted by atomic mass is 9.95. The summed E-state index contributed by atoms with van der Waals surface area (Å²) in [6.45, 7) is 4.01. The Labute approximate surface area is 107 Å². The topological polar surface area (TPSA) is 78.7 Å². The van der Waals surface area contributed by atoms with E-state index >= 15 is 0 Å². The summed E-state index contributed by atoms with van der Waals surface area (Å²) in [6, 6.07) is -0.254. The normalized spacial score (nSPS) is 25.3. The van der Waals surface area contributed by atoms with Crippen molar-refractivity contribution in [1.29, 1.82) is 0 Å². The molecule has 0 aromatic heterocycles. The number of amides is 3. The molecule has 2 rings (SSSR count). The fourth-order valence-corrected chi connectivity index (χ4v) is 2.75. The van der Waals surface area contributed by atoms with Crippen LogP contribution in [-0.4, -0.2) is 61.0 Å². The summed E-state index contributed by atoms with van der Waals surface area (Å²) in [5.41, 5.74) is 5.58. The zero-order valence-electron chi connectivity index (χ0n) is 10.7. The van der Waals surface area contributed by atoms with E-state index in [-0.39, 0.29) is 11.9 Å². The Kier molecular flexibility index (Phi) is 4.54. The first-order chi connectivity index (χ1) is 8.70. The van der Waals surface area contributed by atoms with Crippen LogP contribution in [0.2, 0.25) is 0 Å². The molecular weight excluding hydrogens is 232 g/mol. The third kappa shape index (κ3) is 3.20. The molecule has 0 bridgehead atoms. The fraction of sp³-hybridized carbons (Fsp3) is 0.833. The van der Waals surface area contributed by atoms with Crippen molar-refractivity contribution >= 4 is 11.9 Å². The molecule has 6 heteroatoms. The summed E-state index contributed by atoms with van der Waals surface area (Å²) in [6.07, 6.45) is 3.34. The first kappa shape index (κ1) is 13.3. The molecule has 0 radical (unpaired) electrons. The molecule has 18 heavy (non-hydrogen) atoms. The summed E-state index contributed by atoms with van der Waals surface area (Å²) < 4.78 is 0. The third-order valence-electron chi connectivity index (χ3n) is 3.69. The molecule has 2 aliphatic rings. The number of hydrogen-bond donors (Lipinski definition) is 2. The van der Waals surface area contributed by atoms with Gasteiger partial charge < -0.3 is 11.1 Å². The van der Waals surface area contributed by atoms with Gasteiger partial charge in [-0.3, -0.25) is 14.6 Å². The van der Waals surface area contributed by atoms with Crippen molar-refractivity contribution in [3.8, 4) is 0 Å². The van der Waals surface area contributed by atoms with Crippen molar-refractivity contribution in [3.63, 3.8) is 0 Å². The van der Waals surface area contributed by atoms with Crippen LogP contribution < -0.4 is 11.1 Å². The van der Waals surface area contributed by atoms with E-state index in [2.05, 4.69) is 10.2 Å². The standard InChI is InChI=1S/C12H22N4O2/c13-4-3-10-2-1-6-15(8-10)9-11(17)16-7-5-14-12(16)18/h10H,1-9,13H2,(H,14,18). The highest BCUT2D eigenvalue weighted by Crippen LogP contribution is 2.18. The highest BCUT2D eigenvalue weighted by atomic mass is 16.2. The molecule has 102 valence electrons. The van der Waals surface area contributed by atoms with Gasteiger partial charge in [0.25, 0.3) is 0 Å². The Bertz CT molecular complexity index is 319. The van der Waals surface area contributed by atoms with Crippen LogP contribution in [0.1, 0.15) is 19.3 Å². The van der Waals surface area contributed by atoms with E-state index in [1.165, 1.54) is 11.3 Å². The number of carbonyl (C=O) groups excluding carboxylic acids is 2. The van der Waals surface area contributed by atoms with Gasteiger partial charge in [-0.25, -0.2) is 4.79 Å². The largest absolute Gasteiger partial charge is 0.336 e. The van der Waals surface area contributed by atoms with Gasteiger partial charge in [0, 0.05) is 19.6 Å². The van der Waals surface area contributed by atoms with Crippen molar-refractivity contribution in [1.82, 2.24) is 15.1 Å². The maximum absolute atomic E-state index is 12.0. The van der Waals surface area contributed by atoms with Gasteiger partial charge in [0.1, 0.15) is 0 Å². The van der Waals surface area contributed by atoms with Gasteiger partial charge in [0.05, 0.1) is 6.54 Å². The fourth-order valence-electron chi connectivity index (χ4n) is 2.75. The molecule has 6 nitrogen and oxygen atoms in total. The lowest BCUT2D eigenvalue weighted by molar-refractivity contribution is -0.129. The van der Waals surface area contributed by atoms with Gasteiger partial charge in [-0.05, 0) is 38.3 Å². The molecule has 1 atom stereocenters. The molecule has 3 N–H and O–H groups in total. The average molecular weight is 254 g/mol. The minimum Gasteiger partial charge on any atom is -0.336 e. The highest BCUT2D eigenvalue weighted by Gasteiger charge is 2.28. The molecule has 0 aromatic carbocycles. The lowest BCUT2D eigenvalue weighted by Crippen LogP contribution is -2.45. The number of likely N-dealkylation sites (tertiary alicyclic amines) is 1. The number of piperidine rings is 1. The van der Waals surface area contributed by atoms with E-state index in [9.17, 15) is 9.59 Å². The number of nitrogens with two attached hydrogens (primary N) is 1. The first-order valence-electron chi connectivity index (χ1n) is 6.71. The zero-order chi connectivity index (χ0) is 13.0. The Balaban J connectivity index is 1.81. The van der Waals surface area contributed by atoms with E-state index in [0.29, 0.717) is 32.1 Å². The van der Waals surface area contributed by atoms with Crippen LogP contribution in [0.4, 0.5) is 4.79 Å². The van der Waals surface area contributed by atoms with E-state index < -0.39 is 0 Å².